The molecule has 0 amide bonds. The van der Waals surface area contributed by atoms with Gasteiger partial charge in [-0.25, -0.2) is 0 Å². The van der Waals surface area contributed by atoms with Crippen molar-refractivity contribution in [1.29, 1.82) is 0 Å². The predicted octanol–water partition coefficient (Wildman–Crippen LogP) is 1.82. The molecule has 0 bridgehead atoms. The third kappa shape index (κ3) is 6.07. The lowest BCUT2D eigenvalue weighted by atomic mass is 10.2. The Labute approximate surface area is 69.2 Å². The minimum Gasteiger partial charge on any atom is -0.382 e. The summed E-state index contributed by atoms with van der Waals surface area (Å²) in [5.74, 6) is 1.15. The molecule has 0 aliphatic rings. The molecule has 0 aliphatic heterocycles. The molecular weight excluding hydrogens is 140 g/mol. The van der Waals surface area contributed by atoms with Gasteiger partial charge in [0.2, 0.25) is 0 Å². The zero-order valence-electron chi connectivity index (χ0n) is 7.59. The molecule has 2 heteroatoms. The van der Waals surface area contributed by atoms with E-state index in [1.54, 1.807) is 13.2 Å². The Morgan fingerprint density at radius 3 is 2.73 bits per heavy atom. The molecule has 0 spiro atoms. The molecule has 65 valence electrons. The van der Waals surface area contributed by atoms with Gasteiger partial charge in [-0.1, -0.05) is 13.0 Å². The van der Waals surface area contributed by atoms with E-state index in [9.17, 15) is 0 Å². The van der Waals surface area contributed by atoms with Gasteiger partial charge in [-0.05, 0) is 6.92 Å². The molecule has 0 N–H and O–H groups in total. The van der Waals surface area contributed by atoms with Crippen molar-refractivity contribution in [2.45, 2.75) is 20.0 Å². The van der Waals surface area contributed by atoms with Crippen LogP contribution >= 0.6 is 0 Å². The highest BCUT2D eigenvalue weighted by atomic mass is 16.5. The Bertz CT molecular complexity index is 102. The fraction of sp³-hybridized carbons (Fsp3) is 0.667. The maximum Gasteiger partial charge on any atom is 0.0780 e. The first-order chi connectivity index (χ1) is 5.20. The SMILES string of the molecule is C=C[C](C)COC(C)COC. The zero-order chi connectivity index (χ0) is 8.69. The molecule has 11 heavy (non-hydrogen) atoms. The van der Waals surface area contributed by atoms with Gasteiger partial charge in [-0.3, -0.25) is 0 Å². The standard InChI is InChI=1S/C9H17O2/c1-5-8(2)6-11-9(3)7-10-4/h5,9H,1,6-7H2,2-4H3. The summed E-state index contributed by atoms with van der Waals surface area (Å²) in [6, 6.07) is 0. The van der Waals surface area contributed by atoms with E-state index in [0.29, 0.717) is 13.2 Å². The van der Waals surface area contributed by atoms with Gasteiger partial charge in [-0.15, -0.1) is 6.58 Å². The molecule has 0 saturated heterocycles. The van der Waals surface area contributed by atoms with E-state index in [1.165, 1.54) is 0 Å². The Morgan fingerprint density at radius 1 is 1.64 bits per heavy atom. The van der Waals surface area contributed by atoms with Crippen LogP contribution in [0.4, 0.5) is 0 Å². The summed E-state index contributed by atoms with van der Waals surface area (Å²) in [6.07, 6.45) is 1.97. The van der Waals surface area contributed by atoms with E-state index in [1.807, 2.05) is 13.8 Å². The smallest absolute Gasteiger partial charge is 0.0780 e. The minimum atomic E-state index is 0.162. The molecule has 0 saturated carbocycles. The molecule has 0 heterocycles. The quantitative estimate of drug-likeness (QED) is 0.585. The van der Waals surface area contributed by atoms with Crippen LogP contribution in [0.15, 0.2) is 12.7 Å². The number of ether oxygens (including phenoxy) is 2. The summed E-state index contributed by atoms with van der Waals surface area (Å²) in [7, 11) is 1.67. The summed E-state index contributed by atoms with van der Waals surface area (Å²) in [5.41, 5.74) is 0. The van der Waals surface area contributed by atoms with Crippen molar-refractivity contribution < 1.29 is 9.47 Å². The van der Waals surface area contributed by atoms with Gasteiger partial charge in [0.05, 0.1) is 19.3 Å². The van der Waals surface area contributed by atoms with Crippen molar-refractivity contribution in [3.8, 4) is 0 Å². The van der Waals surface area contributed by atoms with Crippen LogP contribution in [-0.4, -0.2) is 26.4 Å². The van der Waals surface area contributed by atoms with Crippen molar-refractivity contribution in [3.05, 3.63) is 18.6 Å². The van der Waals surface area contributed by atoms with E-state index in [2.05, 4.69) is 6.58 Å². The lowest BCUT2D eigenvalue weighted by Gasteiger charge is -2.13. The molecule has 1 atom stereocenters. The summed E-state index contributed by atoms with van der Waals surface area (Å²) in [4.78, 5) is 0. The van der Waals surface area contributed by atoms with Crippen LogP contribution in [0.3, 0.4) is 0 Å². The number of methoxy groups -OCH3 is 1. The van der Waals surface area contributed by atoms with Crippen LogP contribution in [0.5, 0.6) is 0 Å². The minimum absolute atomic E-state index is 0.162. The first-order valence-corrected chi connectivity index (χ1v) is 3.76. The van der Waals surface area contributed by atoms with Gasteiger partial charge < -0.3 is 9.47 Å². The third-order valence-electron chi connectivity index (χ3n) is 1.35. The maximum atomic E-state index is 5.40. The fourth-order valence-electron chi connectivity index (χ4n) is 0.615. The highest BCUT2D eigenvalue weighted by Crippen LogP contribution is 2.01. The van der Waals surface area contributed by atoms with Crippen molar-refractivity contribution >= 4 is 0 Å². The van der Waals surface area contributed by atoms with Crippen LogP contribution in [0.1, 0.15) is 13.8 Å². The Hall–Kier alpha value is -0.340. The summed E-state index contributed by atoms with van der Waals surface area (Å²) in [6.45, 7) is 8.90. The lowest BCUT2D eigenvalue weighted by Crippen LogP contribution is -2.17. The van der Waals surface area contributed by atoms with Crippen molar-refractivity contribution in [1.82, 2.24) is 0 Å². The van der Waals surface area contributed by atoms with Crippen molar-refractivity contribution in [2.75, 3.05) is 20.3 Å². The molecule has 1 unspecified atom stereocenters. The Kier molecular flexibility index (Phi) is 6.18. The Morgan fingerprint density at radius 2 is 2.27 bits per heavy atom. The van der Waals surface area contributed by atoms with Gasteiger partial charge >= 0.3 is 0 Å². The van der Waals surface area contributed by atoms with Gasteiger partial charge in [0.25, 0.3) is 0 Å². The topological polar surface area (TPSA) is 18.5 Å². The largest absolute Gasteiger partial charge is 0.382 e. The van der Waals surface area contributed by atoms with Crippen molar-refractivity contribution in [3.63, 3.8) is 0 Å². The van der Waals surface area contributed by atoms with E-state index < -0.39 is 0 Å². The van der Waals surface area contributed by atoms with Crippen LogP contribution in [0.25, 0.3) is 0 Å². The van der Waals surface area contributed by atoms with Gasteiger partial charge in [0, 0.05) is 13.0 Å². The maximum absolute atomic E-state index is 5.40. The average molecular weight is 157 g/mol. The molecule has 0 aromatic carbocycles. The molecule has 0 aromatic heterocycles. The molecular formula is C9H17O2. The van der Waals surface area contributed by atoms with Gasteiger partial charge in [0.1, 0.15) is 0 Å². The number of hydrogen-bond acceptors (Lipinski definition) is 2. The second-order valence-electron chi connectivity index (χ2n) is 2.63. The summed E-state index contributed by atoms with van der Waals surface area (Å²) in [5, 5.41) is 0. The normalized spacial score (nSPS) is 13.5. The van der Waals surface area contributed by atoms with Crippen molar-refractivity contribution in [2.24, 2.45) is 0 Å². The van der Waals surface area contributed by atoms with Crippen LogP contribution < -0.4 is 0 Å². The molecule has 0 aliphatic carbocycles. The average Bonchev–Trinajstić information content (AvgIpc) is 2.01. The van der Waals surface area contributed by atoms with E-state index in [-0.39, 0.29) is 6.10 Å². The first-order valence-electron chi connectivity index (χ1n) is 3.76. The number of rotatable bonds is 6. The highest BCUT2D eigenvalue weighted by molar-refractivity contribution is 5.02. The van der Waals surface area contributed by atoms with E-state index in [0.717, 1.165) is 5.92 Å². The molecule has 2 nitrogen and oxygen atoms in total. The van der Waals surface area contributed by atoms with E-state index >= 15 is 0 Å². The second-order valence-corrected chi connectivity index (χ2v) is 2.63. The summed E-state index contributed by atoms with van der Waals surface area (Å²) < 4.78 is 10.3. The lowest BCUT2D eigenvalue weighted by molar-refractivity contribution is 0.0159. The van der Waals surface area contributed by atoms with Crippen LogP contribution in [0.2, 0.25) is 0 Å². The van der Waals surface area contributed by atoms with Crippen LogP contribution in [0, 0.1) is 5.92 Å². The van der Waals surface area contributed by atoms with E-state index in [4.69, 9.17) is 9.47 Å². The monoisotopic (exact) mass is 157 g/mol. The first kappa shape index (κ1) is 10.7. The highest BCUT2D eigenvalue weighted by Gasteiger charge is 2.02. The molecule has 1 radical (unpaired) electrons. The molecule has 0 aromatic rings. The molecule has 0 fully saturated rings. The summed E-state index contributed by atoms with van der Waals surface area (Å²) >= 11 is 0. The predicted molar refractivity (Wildman–Crippen MR) is 46.4 cm³/mol. The molecule has 0 rings (SSSR count). The van der Waals surface area contributed by atoms with Crippen LogP contribution in [-0.2, 0) is 9.47 Å². The zero-order valence-corrected chi connectivity index (χ0v) is 7.59. The fourth-order valence-corrected chi connectivity index (χ4v) is 0.615. The second kappa shape index (κ2) is 6.38. The number of hydrogen-bond donors (Lipinski definition) is 0. The van der Waals surface area contributed by atoms with Gasteiger partial charge in [-0.2, -0.15) is 0 Å². The Balaban J connectivity index is 3.29. The third-order valence-corrected chi connectivity index (χ3v) is 1.35. The van der Waals surface area contributed by atoms with Gasteiger partial charge in [0.15, 0.2) is 0 Å².